The van der Waals surface area contributed by atoms with Crippen LogP contribution in [-0.2, 0) is 19.4 Å². The summed E-state index contributed by atoms with van der Waals surface area (Å²) >= 11 is 6.45. The van der Waals surface area contributed by atoms with Crippen LogP contribution in [0.3, 0.4) is 0 Å². The summed E-state index contributed by atoms with van der Waals surface area (Å²) in [6, 6.07) is 0.416. The number of aromatic nitrogens is 2. The fraction of sp³-hybridized carbons (Fsp3) is 0.786. The van der Waals surface area contributed by atoms with Crippen molar-refractivity contribution in [2.75, 3.05) is 0 Å². The maximum absolute atomic E-state index is 6.45. The normalized spacial score (nSPS) is 24.4. The summed E-state index contributed by atoms with van der Waals surface area (Å²) in [5, 5.41) is 5.48. The van der Waals surface area contributed by atoms with Gasteiger partial charge in [0.2, 0.25) is 0 Å². The molecule has 1 aromatic rings. The molecule has 1 saturated carbocycles. The molecule has 3 nitrogen and oxygen atoms in total. The van der Waals surface area contributed by atoms with Crippen LogP contribution in [0, 0.1) is 5.92 Å². The Balaban J connectivity index is 2.10. The third kappa shape index (κ3) is 2.89. The molecule has 102 valence electrons. The Bertz CT molecular complexity index is 392. The van der Waals surface area contributed by atoms with Crippen LogP contribution in [0.15, 0.2) is 0 Å². The third-order valence-electron chi connectivity index (χ3n) is 4.07. The van der Waals surface area contributed by atoms with Crippen molar-refractivity contribution in [2.45, 2.75) is 65.0 Å². The highest BCUT2D eigenvalue weighted by Gasteiger charge is 2.22. The highest BCUT2D eigenvalue weighted by molar-refractivity contribution is 6.31. The first kappa shape index (κ1) is 13.9. The van der Waals surface area contributed by atoms with E-state index in [0.717, 1.165) is 48.9 Å². The number of nitrogens with zero attached hydrogens (tertiary/aromatic N) is 2. The van der Waals surface area contributed by atoms with Gasteiger partial charge in [-0.3, -0.25) is 4.68 Å². The molecule has 0 bridgehead atoms. The summed E-state index contributed by atoms with van der Waals surface area (Å²) in [6.07, 6.45) is 6.74. The van der Waals surface area contributed by atoms with Gasteiger partial charge in [-0.25, -0.2) is 0 Å². The molecule has 0 aromatic carbocycles. The van der Waals surface area contributed by atoms with Gasteiger partial charge in [-0.05, 0) is 51.4 Å². The molecule has 0 unspecified atom stereocenters. The zero-order valence-electron chi connectivity index (χ0n) is 11.5. The van der Waals surface area contributed by atoms with Crippen molar-refractivity contribution >= 4 is 11.6 Å². The van der Waals surface area contributed by atoms with Crippen LogP contribution >= 0.6 is 11.6 Å². The van der Waals surface area contributed by atoms with Gasteiger partial charge >= 0.3 is 0 Å². The van der Waals surface area contributed by atoms with E-state index in [9.17, 15) is 0 Å². The Morgan fingerprint density at radius 1 is 1.28 bits per heavy atom. The number of rotatable bonds is 4. The largest absolute Gasteiger partial charge is 0.328 e. The number of aryl methyl sites for hydroxylation is 2. The molecule has 0 radical (unpaired) electrons. The second-order valence-corrected chi connectivity index (χ2v) is 5.74. The summed E-state index contributed by atoms with van der Waals surface area (Å²) in [4.78, 5) is 0. The lowest BCUT2D eigenvalue weighted by molar-refractivity contribution is 0.319. The van der Waals surface area contributed by atoms with Crippen molar-refractivity contribution in [3.63, 3.8) is 0 Å². The van der Waals surface area contributed by atoms with Gasteiger partial charge in [0.05, 0.1) is 16.4 Å². The molecule has 4 heteroatoms. The number of hydrogen-bond donors (Lipinski definition) is 1. The van der Waals surface area contributed by atoms with Crippen molar-refractivity contribution in [1.82, 2.24) is 9.78 Å². The lowest BCUT2D eigenvalue weighted by atomic mass is 9.83. The third-order valence-corrected chi connectivity index (χ3v) is 4.50. The lowest BCUT2D eigenvalue weighted by Gasteiger charge is -2.26. The molecular weight excluding hydrogens is 246 g/mol. The van der Waals surface area contributed by atoms with Crippen LogP contribution in [0.1, 0.15) is 50.9 Å². The van der Waals surface area contributed by atoms with Crippen LogP contribution in [0.25, 0.3) is 0 Å². The first-order valence-electron chi connectivity index (χ1n) is 7.15. The van der Waals surface area contributed by atoms with E-state index in [4.69, 9.17) is 17.3 Å². The lowest BCUT2D eigenvalue weighted by Crippen LogP contribution is -2.27. The molecule has 1 aliphatic carbocycles. The van der Waals surface area contributed by atoms with Crippen LogP contribution in [-0.4, -0.2) is 15.8 Å². The maximum atomic E-state index is 6.45. The van der Waals surface area contributed by atoms with Crippen molar-refractivity contribution in [2.24, 2.45) is 11.7 Å². The Morgan fingerprint density at radius 3 is 2.50 bits per heavy atom. The maximum Gasteiger partial charge on any atom is 0.0849 e. The summed E-state index contributed by atoms with van der Waals surface area (Å²) in [7, 11) is 0. The van der Waals surface area contributed by atoms with Crippen molar-refractivity contribution in [3.05, 3.63) is 16.4 Å². The van der Waals surface area contributed by atoms with Crippen LogP contribution in [0.4, 0.5) is 0 Å². The molecule has 0 atom stereocenters. The number of nitrogens with two attached hydrogens (primary N) is 1. The van der Waals surface area contributed by atoms with Crippen molar-refractivity contribution in [3.8, 4) is 0 Å². The highest BCUT2D eigenvalue weighted by Crippen LogP contribution is 2.30. The minimum atomic E-state index is 0.416. The molecule has 0 saturated heterocycles. The monoisotopic (exact) mass is 269 g/mol. The smallest absolute Gasteiger partial charge is 0.0849 e. The van der Waals surface area contributed by atoms with Crippen LogP contribution < -0.4 is 5.73 Å². The van der Waals surface area contributed by atoms with E-state index in [0.29, 0.717) is 6.04 Å². The SMILES string of the molecule is CCc1nn(CC)c(CC2CCC(N)CC2)c1Cl. The van der Waals surface area contributed by atoms with E-state index in [1.165, 1.54) is 18.5 Å². The van der Waals surface area contributed by atoms with Gasteiger partial charge in [-0.15, -0.1) is 0 Å². The van der Waals surface area contributed by atoms with E-state index in [1.807, 2.05) is 0 Å². The quantitative estimate of drug-likeness (QED) is 0.912. The molecule has 1 fully saturated rings. The molecule has 1 heterocycles. The van der Waals surface area contributed by atoms with Gasteiger partial charge in [-0.2, -0.15) is 5.10 Å². The average molecular weight is 270 g/mol. The summed E-state index contributed by atoms with van der Waals surface area (Å²) in [5.41, 5.74) is 8.23. The van der Waals surface area contributed by atoms with Gasteiger partial charge in [0, 0.05) is 12.6 Å². The Morgan fingerprint density at radius 2 is 1.94 bits per heavy atom. The fourth-order valence-electron chi connectivity index (χ4n) is 2.88. The minimum absolute atomic E-state index is 0.416. The zero-order valence-corrected chi connectivity index (χ0v) is 12.2. The molecule has 1 aromatic heterocycles. The van der Waals surface area contributed by atoms with E-state index < -0.39 is 0 Å². The molecule has 0 amide bonds. The van der Waals surface area contributed by atoms with Gasteiger partial charge in [0.15, 0.2) is 0 Å². The van der Waals surface area contributed by atoms with Crippen LogP contribution in [0.2, 0.25) is 5.02 Å². The fourth-order valence-corrected chi connectivity index (χ4v) is 3.22. The summed E-state index contributed by atoms with van der Waals surface area (Å²) in [6.45, 7) is 5.14. The van der Waals surface area contributed by atoms with E-state index in [1.54, 1.807) is 0 Å². The van der Waals surface area contributed by atoms with E-state index in [2.05, 4.69) is 23.6 Å². The van der Waals surface area contributed by atoms with Gasteiger partial charge in [0.1, 0.15) is 0 Å². The minimum Gasteiger partial charge on any atom is -0.328 e. The Labute approximate surface area is 115 Å². The Kier molecular flexibility index (Phi) is 4.68. The predicted octanol–water partition coefficient (Wildman–Crippen LogP) is 3.18. The molecule has 0 aliphatic heterocycles. The molecular formula is C14H24ClN3. The van der Waals surface area contributed by atoms with Gasteiger partial charge in [0.25, 0.3) is 0 Å². The second kappa shape index (κ2) is 6.07. The molecule has 0 spiro atoms. The first-order chi connectivity index (χ1) is 8.65. The van der Waals surface area contributed by atoms with Gasteiger partial charge in [-0.1, -0.05) is 18.5 Å². The number of halogens is 1. The molecule has 18 heavy (non-hydrogen) atoms. The average Bonchev–Trinajstić information content (AvgIpc) is 2.69. The standard InChI is InChI=1S/C14H24ClN3/c1-3-12-14(15)13(18(4-2)17-12)9-10-5-7-11(16)8-6-10/h10-11H,3-9,16H2,1-2H3. The summed E-state index contributed by atoms with van der Waals surface area (Å²) in [5.74, 6) is 0.731. The van der Waals surface area contributed by atoms with E-state index >= 15 is 0 Å². The van der Waals surface area contributed by atoms with Gasteiger partial charge < -0.3 is 5.73 Å². The Hall–Kier alpha value is -0.540. The zero-order chi connectivity index (χ0) is 13.1. The summed E-state index contributed by atoms with van der Waals surface area (Å²) < 4.78 is 2.08. The topological polar surface area (TPSA) is 43.8 Å². The molecule has 2 rings (SSSR count). The van der Waals surface area contributed by atoms with Crippen molar-refractivity contribution in [1.29, 1.82) is 0 Å². The van der Waals surface area contributed by atoms with Crippen LogP contribution in [0.5, 0.6) is 0 Å². The first-order valence-corrected chi connectivity index (χ1v) is 7.53. The molecule has 1 aliphatic rings. The molecule has 2 N–H and O–H groups in total. The predicted molar refractivity (Wildman–Crippen MR) is 75.9 cm³/mol. The second-order valence-electron chi connectivity index (χ2n) is 5.36. The number of hydrogen-bond acceptors (Lipinski definition) is 2. The highest BCUT2D eigenvalue weighted by atomic mass is 35.5. The van der Waals surface area contributed by atoms with Crippen molar-refractivity contribution < 1.29 is 0 Å². The van der Waals surface area contributed by atoms with E-state index in [-0.39, 0.29) is 0 Å².